The molecule has 5 rings (SSSR count). The summed E-state index contributed by atoms with van der Waals surface area (Å²) in [5.41, 5.74) is 2.74. The molecule has 2 aliphatic heterocycles. The number of aryl methyl sites for hydroxylation is 1. The number of carbonyl (C=O) groups excluding carboxylic acids is 2. The van der Waals surface area contributed by atoms with Crippen LogP contribution in [0.5, 0.6) is 5.75 Å². The normalized spacial score (nSPS) is 18.2. The summed E-state index contributed by atoms with van der Waals surface area (Å²) >= 11 is 6.19. The van der Waals surface area contributed by atoms with E-state index in [-0.39, 0.29) is 18.2 Å². The number of likely N-dealkylation sites (tertiary alicyclic amines) is 1. The smallest absolute Gasteiger partial charge is 0.407 e. The summed E-state index contributed by atoms with van der Waals surface area (Å²) in [5, 5.41) is 12.3. The molecule has 1 fully saturated rings. The lowest BCUT2D eigenvalue weighted by molar-refractivity contribution is -0.130. The molecule has 0 bridgehead atoms. The van der Waals surface area contributed by atoms with Crippen LogP contribution in [0.25, 0.3) is 5.69 Å². The molecule has 3 aromatic rings. The van der Waals surface area contributed by atoms with Crippen molar-refractivity contribution in [2.75, 3.05) is 26.7 Å². The van der Waals surface area contributed by atoms with Crippen LogP contribution in [0.3, 0.4) is 0 Å². The first-order chi connectivity index (χ1) is 19.5. The van der Waals surface area contributed by atoms with Gasteiger partial charge in [0.05, 0.1) is 24.9 Å². The third kappa shape index (κ3) is 6.37. The van der Waals surface area contributed by atoms with E-state index in [1.165, 1.54) is 0 Å². The zero-order valence-electron chi connectivity index (χ0n) is 24.0. The Morgan fingerprint density at radius 2 is 1.88 bits per heavy atom. The molecule has 2 aliphatic rings. The van der Waals surface area contributed by atoms with Crippen molar-refractivity contribution in [1.29, 1.82) is 0 Å². The van der Waals surface area contributed by atoms with Crippen LogP contribution in [0, 0.1) is 12.8 Å². The molecule has 1 saturated heterocycles. The minimum absolute atomic E-state index is 0.0234. The lowest BCUT2D eigenvalue weighted by Gasteiger charge is -2.21. The number of rotatable bonds is 6. The maximum Gasteiger partial charge on any atom is 0.407 e. The average Bonchev–Trinajstić information content (AvgIpc) is 3.53. The molecule has 2 amide bonds. The van der Waals surface area contributed by atoms with Crippen LogP contribution < -0.4 is 10.1 Å². The number of hydrogen-bond acceptors (Lipinski definition) is 7. The fraction of sp³-hybridized carbons (Fsp3) is 0.433. The Labute approximate surface area is 244 Å². The summed E-state index contributed by atoms with van der Waals surface area (Å²) in [5.74, 6) is 2.12. The van der Waals surface area contributed by atoms with Gasteiger partial charge in [0, 0.05) is 35.8 Å². The summed E-state index contributed by atoms with van der Waals surface area (Å²) in [6, 6.07) is 12.7. The lowest BCUT2D eigenvalue weighted by Crippen LogP contribution is -2.36. The second-order valence-electron chi connectivity index (χ2n) is 11.4. The maximum absolute atomic E-state index is 13.6. The largest absolute Gasteiger partial charge is 0.497 e. The number of methoxy groups -OCH3 is 1. The molecule has 1 aromatic heterocycles. The number of nitrogens with zero attached hydrogens (tertiary/aromatic N) is 5. The Morgan fingerprint density at radius 3 is 2.59 bits per heavy atom. The zero-order valence-corrected chi connectivity index (χ0v) is 24.7. The fourth-order valence-corrected chi connectivity index (χ4v) is 5.36. The van der Waals surface area contributed by atoms with Gasteiger partial charge in [0.2, 0.25) is 5.91 Å². The third-order valence-corrected chi connectivity index (χ3v) is 7.44. The van der Waals surface area contributed by atoms with Crippen molar-refractivity contribution < 1.29 is 19.1 Å². The zero-order chi connectivity index (χ0) is 29.3. The Kier molecular flexibility index (Phi) is 8.04. The summed E-state index contributed by atoms with van der Waals surface area (Å²) in [7, 11) is 1.63. The van der Waals surface area contributed by atoms with E-state index in [2.05, 4.69) is 15.5 Å². The number of amides is 2. The molecule has 2 aromatic carbocycles. The van der Waals surface area contributed by atoms with Crippen molar-refractivity contribution in [1.82, 2.24) is 25.0 Å². The standard InChI is InChI=1S/C30H35ClN6O4/c1-18-34-35-28-24(15-26(38)36-13-12-19(17-36)16-32-29(39)41-30(2,3)4)33-27(20-6-8-21(31)9-7-20)23-14-22(40-5)10-11-25(23)37(18)28/h6-11,14,19,24H,12-13,15-17H2,1-5H3,(H,32,39). The third-order valence-electron chi connectivity index (χ3n) is 7.19. The first kappa shape index (κ1) is 28.6. The molecule has 2 atom stereocenters. The van der Waals surface area contributed by atoms with Gasteiger partial charge in [-0.15, -0.1) is 10.2 Å². The van der Waals surface area contributed by atoms with Crippen molar-refractivity contribution in [3.05, 3.63) is 70.3 Å². The first-order valence-corrected chi connectivity index (χ1v) is 14.1. The number of aromatic nitrogens is 3. The van der Waals surface area contributed by atoms with E-state index < -0.39 is 17.7 Å². The number of halogens is 1. The summed E-state index contributed by atoms with van der Waals surface area (Å²) < 4.78 is 12.8. The molecule has 3 heterocycles. The highest BCUT2D eigenvalue weighted by molar-refractivity contribution is 6.30. The van der Waals surface area contributed by atoms with Crippen LogP contribution in [0.15, 0.2) is 47.5 Å². The van der Waals surface area contributed by atoms with Crippen molar-refractivity contribution >= 4 is 29.3 Å². The van der Waals surface area contributed by atoms with Crippen LogP contribution in [-0.4, -0.2) is 69.7 Å². The van der Waals surface area contributed by atoms with Crippen molar-refractivity contribution in [2.45, 2.75) is 52.2 Å². The van der Waals surface area contributed by atoms with Gasteiger partial charge < -0.3 is 19.7 Å². The van der Waals surface area contributed by atoms with Crippen LogP contribution in [0.1, 0.15) is 62.4 Å². The van der Waals surface area contributed by atoms with Crippen molar-refractivity contribution in [2.24, 2.45) is 10.9 Å². The molecule has 10 nitrogen and oxygen atoms in total. The van der Waals surface area contributed by atoms with E-state index in [0.29, 0.717) is 42.1 Å². The maximum atomic E-state index is 13.6. The lowest BCUT2D eigenvalue weighted by atomic mass is 10.00. The molecule has 0 aliphatic carbocycles. The molecular formula is C30H35ClN6O4. The highest BCUT2D eigenvalue weighted by Crippen LogP contribution is 2.35. The summed E-state index contributed by atoms with van der Waals surface area (Å²) in [6.07, 6.45) is 0.481. The molecule has 0 saturated carbocycles. The molecule has 1 N–H and O–H groups in total. The van der Waals surface area contributed by atoms with Gasteiger partial charge in [-0.1, -0.05) is 23.7 Å². The number of nitrogens with one attached hydrogen (secondary N) is 1. The van der Waals surface area contributed by atoms with Gasteiger partial charge in [0.25, 0.3) is 0 Å². The molecule has 11 heteroatoms. The highest BCUT2D eigenvalue weighted by atomic mass is 35.5. The molecule has 2 unspecified atom stereocenters. The number of carbonyl (C=O) groups is 2. The van der Waals surface area contributed by atoms with E-state index in [1.807, 2.05) is 79.6 Å². The SMILES string of the molecule is COc1ccc2c(c1)C(c1ccc(Cl)cc1)=NC(CC(=O)N1CCC(CNC(=O)OC(C)(C)C)C1)c1nnc(C)n1-2. The van der Waals surface area contributed by atoms with Crippen molar-refractivity contribution in [3.8, 4) is 11.4 Å². The molecule has 41 heavy (non-hydrogen) atoms. The van der Waals surface area contributed by atoms with Crippen LogP contribution in [0.2, 0.25) is 5.02 Å². The predicted molar refractivity (Wildman–Crippen MR) is 156 cm³/mol. The Morgan fingerprint density at radius 1 is 1.12 bits per heavy atom. The number of ether oxygens (including phenoxy) is 2. The fourth-order valence-electron chi connectivity index (χ4n) is 5.24. The van der Waals surface area contributed by atoms with E-state index in [9.17, 15) is 9.59 Å². The van der Waals surface area contributed by atoms with E-state index in [1.54, 1.807) is 7.11 Å². The van der Waals surface area contributed by atoms with Gasteiger partial charge in [0.15, 0.2) is 5.82 Å². The Bertz CT molecular complexity index is 1480. The van der Waals surface area contributed by atoms with Gasteiger partial charge in [-0.3, -0.25) is 14.4 Å². The average molecular weight is 579 g/mol. The first-order valence-electron chi connectivity index (χ1n) is 13.7. The van der Waals surface area contributed by atoms with Crippen LogP contribution in [-0.2, 0) is 9.53 Å². The van der Waals surface area contributed by atoms with Gasteiger partial charge >= 0.3 is 6.09 Å². The number of fused-ring (bicyclic) bond motifs is 3. The second-order valence-corrected chi connectivity index (χ2v) is 11.8. The van der Waals surface area contributed by atoms with E-state index >= 15 is 0 Å². The topological polar surface area (TPSA) is 111 Å². The minimum Gasteiger partial charge on any atom is -0.497 e. The molecule has 0 spiro atoms. The monoisotopic (exact) mass is 578 g/mol. The molecule has 0 radical (unpaired) electrons. The molecule has 216 valence electrons. The van der Waals surface area contributed by atoms with Crippen LogP contribution in [0.4, 0.5) is 4.79 Å². The predicted octanol–water partition coefficient (Wildman–Crippen LogP) is 4.89. The number of alkyl carbamates (subject to hydrolysis) is 1. The van der Waals surface area contributed by atoms with Crippen LogP contribution >= 0.6 is 11.6 Å². The summed E-state index contributed by atoms with van der Waals surface area (Å²) in [6.45, 7) is 8.99. The van der Waals surface area contributed by atoms with Gasteiger partial charge in [-0.2, -0.15) is 0 Å². The van der Waals surface area contributed by atoms with Gasteiger partial charge in [-0.25, -0.2) is 4.79 Å². The quantitative estimate of drug-likeness (QED) is 0.446. The number of benzene rings is 2. The minimum atomic E-state index is -0.563. The Hall–Kier alpha value is -3.92. The van der Waals surface area contributed by atoms with E-state index in [4.69, 9.17) is 26.1 Å². The molecular weight excluding hydrogens is 544 g/mol. The van der Waals surface area contributed by atoms with E-state index in [0.717, 1.165) is 28.9 Å². The van der Waals surface area contributed by atoms with Crippen molar-refractivity contribution in [3.63, 3.8) is 0 Å². The van der Waals surface area contributed by atoms with Gasteiger partial charge in [-0.05, 0) is 70.4 Å². The number of aliphatic imine (C=N–C) groups is 1. The Balaban J connectivity index is 1.41. The summed E-state index contributed by atoms with van der Waals surface area (Å²) in [4.78, 5) is 32.7. The van der Waals surface area contributed by atoms with Gasteiger partial charge in [0.1, 0.15) is 23.2 Å². The number of hydrogen-bond donors (Lipinski definition) is 1. The highest BCUT2D eigenvalue weighted by Gasteiger charge is 2.33. The second kappa shape index (κ2) is 11.5.